The number of piperidine rings is 1. The minimum absolute atomic E-state index is 0.482. The van der Waals surface area contributed by atoms with E-state index in [0.717, 1.165) is 43.0 Å². The maximum Gasteiger partial charge on any atom is 0.263 e. The van der Waals surface area contributed by atoms with Gasteiger partial charge in [-0.25, -0.2) is 4.98 Å². The molecule has 0 aromatic carbocycles. The van der Waals surface area contributed by atoms with Gasteiger partial charge in [-0.05, 0) is 32.7 Å². The molecule has 1 saturated heterocycles. The molecule has 6 nitrogen and oxygen atoms in total. The molecule has 2 aromatic rings. The highest BCUT2D eigenvalue weighted by molar-refractivity contribution is 5.88. The van der Waals surface area contributed by atoms with Crippen LogP contribution in [0.25, 0.3) is 11.1 Å². The van der Waals surface area contributed by atoms with Gasteiger partial charge in [0.05, 0.1) is 5.69 Å². The van der Waals surface area contributed by atoms with Crippen molar-refractivity contribution < 1.29 is 4.52 Å². The number of hydrogen-bond acceptors (Lipinski definition) is 6. The highest BCUT2D eigenvalue weighted by Crippen LogP contribution is 2.28. The standard InChI is InChI=1S/C14H21N5O/c1-3-7-19(11-5-4-6-15-8-11)13-12-10(2)18-20-14(12)17-9-16-13/h9,11,15H,3-8H2,1-2H3. The van der Waals surface area contributed by atoms with Gasteiger partial charge in [-0.2, -0.15) is 4.98 Å². The first-order chi connectivity index (χ1) is 9.81. The SMILES string of the molecule is CCCN(c1ncnc2onc(C)c12)C1CCCNC1. The topological polar surface area (TPSA) is 67.1 Å². The zero-order valence-electron chi connectivity index (χ0n) is 12.1. The predicted octanol–water partition coefficient (Wildman–Crippen LogP) is 1.89. The fraction of sp³-hybridized carbons (Fsp3) is 0.643. The van der Waals surface area contributed by atoms with Crippen LogP contribution < -0.4 is 10.2 Å². The van der Waals surface area contributed by atoms with Gasteiger partial charge < -0.3 is 14.7 Å². The molecule has 0 aliphatic carbocycles. The Morgan fingerprint density at radius 3 is 3.10 bits per heavy atom. The molecule has 2 aromatic heterocycles. The zero-order chi connectivity index (χ0) is 13.9. The van der Waals surface area contributed by atoms with E-state index in [9.17, 15) is 0 Å². The van der Waals surface area contributed by atoms with E-state index >= 15 is 0 Å². The molecule has 3 rings (SSSR count). The Labute approximate surface area is 118 Å². The van der Waals surface area contributed by atoms with Crippen LogP contribution in [-0.4, -0.2) is 40.8 Å². The van der Waals surface area contributed by atoms with E-state index in [-0.39, 0.29) is 0 Å². The summed E-state index contributed by atoms with van der Waals surface area (Å²) in [5.74, 6) is 0.962. The van der Waals surface area contributed by atoms with Crippen molar-refractivity contribution in [2.24, 2.45) is 0 Å². The molecule has 0 radical (unpaired) electrons. The first kappa shape index (κ1) is 13.3. The van der Waals surface area contributed by atoms with Crippen molar-refractivity contribution in [2.45, 2.75) is 39.2 Å². The van der Waals surface area contributed by atoms with E-state index < -0.39 is 0 Å². The van der Waals surface area contributed by atoms with Crippen LogP contribution in [0, 0.1) is 6.92 Å². The van der Waals surface area contributed by atoms with Gasteiger partial charge in [0, 0.05) is 19.1 Å². The normalized spacial score (nSPS) is 19.4. The van der Waals surface area contributed by atoms with Gasteiger partial charge in [0.25, 0.3) is 5.71 Å². The molecule has 3 heterocycles. The summed E-state index contributed by atoms with van der Waals surface area (Å²) in [6, 6.07) is 0.482. The summed E-state index contributed by atoms with van der Waals surface area (Å²) in [6.45, 7) is 7.25. The third-order valence-corrected chi connectivity index (χ3v) is 3.87. The van der Waals surface area contributed by atoms with Gasteiger partial charge >= 0.3 is 0 Å². The van der Waals surface area contributed by atoms with Crippen molar-refractivity contribution in [3.05, 3.63) is 12.0 Å². The molecule has 0 spiro atoms. The first-order valence-electron chi connectivity index (χ1n) is 7.35. The van der Waals surface area contributed by atoms with Crippen LogP contribution in [-0.2, 0) is 0 Å². The summed E-state index contributed by atoms with van der Waals surface area (Å²) in [5, 5.41) is 8.45. The van der Waals surface area contributed by atoms with Crippen molar-refractivity contribution in [1.82, 2.24) is 20.4 Å². The lowest BCUT2D eigenvalue weighted by Crippen LogP contribution is -2.47. The van der Waals surface area contributed by atoms with Crippen LogP contribution in [0.15, 0.2) is 10.9 Å². The highest BCUT2D eigenvalue weighted by atomic mass is 16.5. The summed E-state index contributed by atoms with van der Waals surface area (Å²) >= 11 is 0. The van der Waals surface area contributed by atoms with E-state index in [1.165, 1.54) is 12.8 Å². The lowest BCUT2D eigenvalue weighted by molar-refractivity contribution is 0.429. The fourth-order valence-corrected chi connectivity index (χ4v) is 2.92. The zero-order valence-corrected chi connectivity index (χ0v) is 12.1. The van der Waals surface area contributed by atoms with E-state index in [2.05, 4.69) is 32.3 Å². The number of aromatic nitrogens is 3. The van der Waals surface area contributed by atoms with Crippen LogP contribution in [0.2, 0.25) is 0 Å². The molecule has 0 amide bonds. The molecular formula is C14H21N5O. The molecular weight excluding hydrogens is 254 g/mol. The molecule has 1 fully saturated rings. The number of nitrogens with zero attached hydrogens (tertiary/aromatic N) is 4. The molecule has 0 bridgehead atoms. The second kappa shape index (κ2) is 5.75. The highest BCUT2D eigenvalue weighted by Gasteiger charge is 2.25. The monoisotopic (exact) mass is 275 g/mol. The molecule has 0 saturated carbocycles. The van der Waals surface area contributed by atoms with Crippen LogP contribution in [0.3, 0.4) is 0 Å². The average Bonchev–Trinajstić information content (AvgIpc) is 2.88. The van der Waals surface area contributed by atoms with E-state index in [4.69, 9.17) is 4.52 Å². The molecule has 108 valence electrons. The third-order valence-electron chi connectivity index (χ3n) is 3.87. The number of fused-ring (bicyclic) bond motifs is 1. The van der Waals surface area contributed by atoms with Gasteiger partial charge in [0.2, 0.25) is 0 Å². The minimum Gasteiger partial charge on any atom is -0.352 e. The van der Waals surface area contributed by atoms with Gasteiger partial charge in [0.1, 0.15) is 17.5 Å². The van der Waals surface area contributed by atoms with Crippen LogP contribution >= 0.6 is 0 Å². The number of anilines is 1. The summed E-state index contributed by atoms with van der Waals surface area (Å²) < 4.78 is 5.26. The Morgan fingerprint density at radius 1 is 1.45 bits per heavy atom. The third kappa shape index (κ3) is 2.35. The molecule has 1 unspecified atom stereocenters. The van der Waals surface area contributed by atoms with Gasteiger partial charge in [-0.1, -0.05) is 12.1 Å². The van der Waals surface area contributed by atoms with E-state index in [1.807, 2.05) is 6.92 Å². The largest absolute Gasteiger partial charge is 0.352 e. The Bertz CT molecular complexity index is 576. The summed E-state index contributed by atoms with van der Waals surface area (Å²) in [4.78, 5) is 11.1. The van der Waals surface area contributed by atoms with E-state index in [1.54, 1.807) is 6.33 Å². The maximum atomic E-state index is 5.26. The summed E-state index contributed by atoms with van der Waals surface area (Å²) in [5.41, 5.74) is 1.44. The van der Waals surface area contributed by atoms with E-state index in [0.29, 0.717) is 11.8 Å². The molecule has 1 N–H and O–H groups in total. The molecule has 1 aliphatic heterocycles. The van der Waals surface area contributed by atoms with Crippen molar-refractivity contribution in [3.8, 4) is 0 Å². The average molecular weight is 275 g/mol. The maximum absolute atomic E-state index is 5.26. The smallest absolute Gasteiger partial charge is 0.263 e. The fourth-order valence-electron chi connectivity index (χ4n) is 2.92. The first-order valence-corrected chi connectivity index (χ1v) is 7.35. The second-order valence-corrected chi connectivity index (χ2v) is 5.34. The van der Waals surface area contributed by atoms with Crippen LogP contribution in [0.5, 0.6) is 0 Å². The Morgan fingerprint density at radius 2 is 2.35 bits per heavy atom. The minimum atomic E-state index is 0.482. The Balaban J connectivity index is 2.02. The second-order valence-electron chi connectivity index (χ2n) is 5.34. The van der Waals surface area contributed by atoms with Crippen molar-refractivity contribution in [1.29, 1.82) is 0 Å². The number of rotatable bonds is 4. The molecule has 1 atom stereocenters. The lowest BCUT2D eigenvalue weighted by Gasteiger charge is -2.35. The number of nitrogens with one attached hydrogen (secondary N) is 1. The summed E-state index contributed by atoms with van der Waals surface area (Å²) in [6.07, 6.45) is 5.07. The van der Waals surface area contributed by atoms with Gasteiger partial charge in [-0.15, -0.1) is 0 Å². The lowest BCUT2D eigenvalue weighted by atomic mass is 10.0. The predicted molar refractivity (Wildman–Crippen MR) is 77.9 cm³/mol. The quantitative estimate of drug-likeness (QED) is 0.919. The van der Waals surface area contributed by atoms with Gasteiger partial charge in [0.15, 0.2) is 0 Å². The van der Waals surface area contributed by atoms with Gasteiger partial charge in [-0.3, -0.25) is 0 Å². The Hall–Kier alpha value is -1.69. The van der Waals surface area contributed by atoms with Crippen LogP contribution in [0.4, 0.5) is 5.82 Å². The molecule has 6 heteroatoms. The van der Waals surface area contributed by atoms with Crippen molar-refractivity contribution in [2.75, 3.05) is 24.5 Å². The van der Waals surface area contributed by atoms with Crippen molar-refractivity contribution >= 4 is 16.9 Å². The van der Waals surface area contributed by atoms with Crippen molar-refractivity contribution in [3.63, 3.8) is 0 Å². The molecule has 20 heavy (non-hydrogen) atoms. The number of aryl methyl sites for hydroxylation is 1. The Kier molecular flexibility index (Phi) is 3.82. The molecule has 1 aliphatic rings. The van der Waals surface area contributed by atoms with Crippen LogP contribution in [0.1, 0.15) is 31.9 Å². The number of hydrogen-bond donors (Lipinski definition) is 1. The summed E-state index contributed by atoms with van der Waals surface area (Å²) in [7, 11) is 0.